The third-order valence-corrected chi connectivity index (χ3v) is 3.73. The van der Waals surface area contributed by atoms with Crippen molar-refractivity contribution in [2.75, 3.05) is 26.2 Å². The van der Waals surface area contributed by atoms with E-state index in [1.807, 2.05) is 4.90 Å². The van der Waals surface area contributed by atoms with Crippen molar-refractivity contribution in [2.45, 2.75) is 38.2 Å². The molecular weight excluding hydrogens is 240 g/mol. The van der Waals surface area contributed by atoms with Crippen molar-refractivity contribution in [3.05, 3.63) is 0 Å². The van der Waals surface area contributed by atoms with Crippen molar-refractivity contribution in [2.24, 2.45) is 11.7 Å². The molecular formula is C12H23ClN2O2. The predicted octanol–water partition coefficient (Wildman–Crippen LogP) is 1.17. The average Bonchev–Trinajstić information content (AvgIpc) is 2.82. The van der Waals surface area contributed by atoms with Crippen LogP contribution in [0.4, 0.5) is 0 Å². The van der Waals surface area contributed by atoms with Gasteiger partial charge >= 0.3 is 0 Å². The van der Waals surface area contributed by atoms with Crippen molar-refractivity contribution >= 4 is 18.3 Å². The molecule has 2 aliphatic heterocycles. The van der Waals surface area contributed by atoms with Gasteiger partial charge in [0.15, 0.2) is 0 Å². The first-order chi connectivity index (χ1) is 7.79. The molecule has 0 aromatic rings. The monoisotopic (exact) mass is 262 g/mol. The van der Waals surface area contributed by atoms with Crippen LogP contribution in [0.15, 0.2) is 0 Å². The zero-order valence-electron chi connectivity index (χ0n) is 10.3. The van der Waals surface area contributed by atoms with Crippen LogP contribution in [0.3, 0.4) is 0 Å². The second-order valence-corrected chi connectivity index (χ2v) is 4.90. The van der Waals surface area contributed by atoms with E-state index < -0.39 is 0 Å². The third-order valence-electron chi connectivity index (χ3n) is 3.73. The van der Waals surface area contributed by atoms with Crippen LogP contribution in [0.5, 0.6) is 0 Å². The Labute approximate surface area is 109 Å². The van der Waals surface area contributed by atoms with Crippen molar-refractivity contribution < 1.29 is 9.53 Å². The summed E-state index contributed by atoms with van der Waals surface area (Å²) in [5.41, 5.74) is 5.63. The summed E-state index contributed by atoms with van der Waals surface area (Å²) in [5, 5.41) is 0. The predicted molar refractivity (Wildman–Crippen MR) is 69.2 cm³/mol. The number of halogens is 1. The molecule has 0 bridgehead atoms. The third kappa shape index (κ3) is 4.12. The van der Waals surface area contributed by atoms with E-state index in [9.17, 15) is 4.79 Å². The highest BCUT2D eigenvalue weighted by molar-refractivity contribution is 5.85. The SMILES string of the molecule is Cl.NCC1CCN(C(=O)CC2CCCO2)CC1. The average molecular weight is 263 g/mol. The number of likely N-dealkylation sites (tertiary alicyclic amines) is 1. The first kappa shape index (κ1) is 14.7. The van der Waals surface area contributed by atoms with Gasteiger partial charge in [-0.1, -0.05) is 0 Å². The number of rotatable bonds is 3. The fraction of sp³-hybridized carbons (Fsp3) is 0.917. The molecule has 2 heterocycles. The number of piperidine rings is 1. The molecule has 5 heteroatoms. The highest BCUT2D eigenvalue weighted by Crippen LogP contribution is 2.20. The van der Waals surface area contributed by atoms with Crippen LogP contribution in [0.2, 0.25) is 0 Å². The second-order valence-electron chi connectivity index (χ2n) is 4.90. The van der Waals surface area contributed by atoms with Crippen LogP contribution in [-0.2, 0) is 9.53 Å². The van der Waals surface area contributed by atoms with Crippen LogP contribution in [0, 0.1) is 5.92 Å². The summed E-state index contributed by atoms with van der Waals surface area (Å²) in [6.45, 7) is 3.35. The molecule has 1 atom stereocenters. The van der Waals surface area contributed by atoms with Crippen LogP contribution >= 0.6 is 12.4 Å². The number of nitrogens with zero attached hydrogens (tertiary/aromatic N) is 1. The lowest BCUT2D eigenvalue weighted by Gasteiger charge is -2.32. The van der Waals surface area contributed by atoms with E-state index >= 15 is 0 Å². The first-order valence-electron chi connectivity index (χ1n) is 6.39. The van der Waals surface area contributed by atoms with Gasteiger partial charge in [0, 0.05) is 19.7 Å². The van der Waals surface area contributed by atoms with Gasteiger partial charge < -0.3 is 15.4 Å². The van der Waals surface area contributed by atoms with Crippen molar-refractivity contribution in [3.63, 3.8) is 0 Å². The number of hydrogen-bond donors (Lipinski definition) is 1. The van der Waals surface area contributed by atoms with Crippen LogP contribution < -0.4 is 5.73 Å². The Morgan fingerprint density at radius 2 is 2.00 bits per heavy atom. The summed E-state index contributed by atoms with van der Waals surface area (Å²) in [4.78, 5) is 13.9. The number of amides is 1. The highest BCUT2D eigenvalue weighted by Gasteiger charge is 2.25. The minimum Gasteiger partial charge on any atom is -0.378 e. The molecule has 2 rings (SSSR count). The molecule has 4 nitrogen and oxygen atoms in total. The minimum absolute atomic E-state index is 0. The Morgan fingerprint density at radius 1 is 1.29 bits per heavy atom. The molecule has 100 valence electrons. The molecule has 0 saturated carbocycles. The number of carbonyl (C=O) groups excluding carboxylic acids is 1. The first-order valence-corrected chi connectivity index (χ1v) is 6.39. The zero-order valence-corrected chi connectivity index (χ0v) is 11.1. The van der Waals surface area contributed by atoms with Gasteiger partial charge in [-0.15, -0.1) is 12.4 Å². The van der Waals surface area contributed by atoms with E-state index in [1.165, 1.54) is 0 Å². The van der Waals surface area contributed by atoms with Crippen LogP contribution in [0.25, 0.3) is 0 Å². The largest absolute Gasteiger partial charge is 0.378 e. The van der Waals surface area contributed by atoms with Gasteiger partial charge in [-0.3, -0.25) is 4.79 Å². The molecule has 2 fully saturated rings. The molecule has 2 saturated heterocycles. The topological polar surface area (TPSA) is 55.6 Å². The van der Waals surface area contributed by atoms with E-state index in [4.69, 9.17) is 10.5 Å². The zero-order chi connectivity index (χ0) is 11.4. The van der Waals surface area contributed by atoms with Crippen LogP contribution in [-0.4, -0.2) is 43.2 Å². The lowest BCUT2D eigenvalue weighted by Crippen LogP contribution is -2.41. The number of carbonyl (C=O) groups is 1. The smallest absolute Gasteiger partial charge is 0.225 e. The molecule has 0 radical (unpaired) electrons. The van der Waals surface area contributed by atoms with E-state index in [2.05, 4.69) is 0 Å². The van der Waals surface area contributed by atoms with Gasteiger partial charge in [-0.25, -0.2) is 0 Å². The van der Waals surface area contributed by atoms with Crippen molar-refractivity contribution in [1.29, 1.82) is 0 Å². The lowest BCUT2D eigenvalue weighted by atomic mass is 9.97. The second kappa shape index (κ2) is 7.19. The Kier molecular flexibility index (Phi) is 6.23. The van der Waals surface area contributed by atoms with Gasteiger partial charge in [0.25, 0.3) is 0 Å². The van der Waals surface area contributed by atoms with Gasteiger partial charge in [-0.2, -0.15) is 0 Å². The fourth-order valence-corrected chi connectivity index (χ4v) is 2.55. The summed E-state index contributed by atoms with van der Waals surface area (Å²) >= 11 is 0. The Bertz CT molecular complexity index is 237. The fourth-order valence-electron chi connectivity index (χ4n) is 2.55. The van der Waals surface area contributed by atoms with E-state index in [0.717, 1.165) is 51.9 Å². The van der Waals surface area contributed by atoms with E-state index in [1.54, 1.807) is 0 Å². The van der Waals surface area contributed by atoms with Gasteiger partial charge in [0.05, 0.1) is 12.5 Å². The van der Waals surface area contributed by atoms with Crippen molar-refractivity contribution in [3.8, 4) is 0 Å². The molecule has 17 heavy (non-hydrogen) atoms. The van der Waals surface area contributed by atoms with E-state index in [-0.39, 0.29) is 24.4 Å². The molecule has 2 N–H and O–H groups in total. The maximum atomic E-state index is 12.0. The number of hydrogen-bond acceptors (Lipinski definition) is 3. The summed E-state index contributed by atoms with van der Waals surface area (Å²) in [7, 11) is 0. The molecule has 0 aliphatic carbocycles. The molecule has 1 amide bonds. The van der Waals surface area contributed by atoms with Crippen molar-refractivity contribution in [1.82, 2.24) is 4.90 Å². The van der Waals surface area contributed by atoms with Gasteiger partial charge in [0.1, 0.15) is 0 Å². The summed E-state index contributed by atoms with van der Waals surface area (Å²) in [5.74, 6) is 0.883. The molecule has 0 aromatic carbocycles. The van der Waals surface area contributed by atoms with Gasteiger partial charge in [-0.05, 0) is 38.1 Å². The molecule has 2 aliphatic rings. The Hall–Kier alpha value is -0.320. The molecule has 1 unspecified atom stereocenters. The summed E-state index contributed by atoms with van der Waals surface area (Å²) in [6, 6.07) is 0. The molecule has 0 aromatic heterocycles. The summed E-state index contributed by atoms with van der Waals surface area (Å²) < 4.78 is 5.49. The number of ether oxygens (including phenoxy) is 1. The standard InChI is InChI=1S/C12H22N2O2.ClH/c13-9-10-3-5-14(6-4-10)12(15)8-11-2-1-7-16-11;/h10-11H,1-9,13H2;1H. The highest BCUT2D eigenvalue weighted by atomic mass is 35.5. The number of nitrogens with two attached hydrogens (primary N) is 1. The summed E-state index contributed by atoms with van der Waals surface area (Å²) in [6.07, 6.45) is 5.03. The Balaban J connectivity index is 0.00000144. The van der Waals surface area contributed by atoms with Crippen LogP contribution in [0.1, 0.15) is 32.1 Å². The Morgan fingerprint density at radius 3 is 2.53 bits per heavy atom. The maximum Gasteiger partial charge on any atom is 0.225 e. The van der Waals surface area contributed by atoms with Gasteiger partial charge in [0.2, 0.25) is 5.91 Å². The van der Waals surface area contributed by atoms with E-state index in [0.29, 0.717) is 12.3 Å². The maximum absolute atomic E-state index is 12.0. The minimum atomic E-state index is 0. The normalized spacial score (nSPS) is 25.7. The molecule has 0 spiro atoms. The quantitative estimate of drug-likeness (QED) is 0.831. The lowest BCUT2D eigenvalue weighted by molar-refractivity contribution is -0.134.